The van der Waals surface area contributed by atoms with E-state index in [1.807, 2.05) is 17.5 Å². The molecule has 8 heteroatoms. The molecule has 0 radical (unpaired) electrons. The van der Waals surface area contributed by atoms with Gasteiger partial charge in [0, 0.05) is 18.0 Å². The van der Waals surface area contributed by atoms with E-state index >= 15 is 0 Å². The molecule has 7 nitrogen and oxygen atoms in total. The van der Waals surface area contributed by atoms with Crippen LogP contribution in [0.5, 0.6) is 11.5 Å². The molecular weight excluding hydrogens is 406 g/mol. The van der Waals surface area contributed by atoms with Gasteiger partial charge in [0.1, 0.15) is 22.8 Å². The maximum Gasteiger partial charge on any atom is 0.295 e. The number of hydrogen-bond donors (Lipinski definition) is 1. The van der Waals surface area contributed by atoms with Crippen molar-refractivity contribution < 1.29 is 28.9 Å². The van der Waals surface area contributed by atoms with Crippen LogP contribution in [-0.4, -0.2) is 55.2 Å². The van der Waals surface area contributed by atoms with Crippen LogP contribution in [0.25, 0.3) is 5.76 Å². The molecule has 3 heterocycles. The maximum absolute atomic E-state index is 13.1. The summed E-state index contributed by atoms with van der Waals surface area (Å²) in [5.41, 5.74) is 0.280. The van der Waals surface area contributed by atoms with Gasteiger partial charge in [0.05, 0.1) is 31.9 Å². The van der Waals surface area contributed by atoms with Gasteiger partial charge < -0.3 is 24.2 Å². The van der Waals surface area contributed by atoms with Crippen molar-refractivity contribution in [1.82, 2.24) is 4.90 Å². The van der Waals surface area contributed by atoms with Crippen molar-refractivity contribution in [2.45, 2.75) is 25.0 Å². The van der Waals surface area contributed by atoms with E-state index in [4.69, 9.17) is 14.2 Å². The topological polar surface area (TPSA) is 85.3 Å². The van der Waals surface area contributed by atoms with Crippen LogP contribution in [0.15, 0.2) is 41.3 Å². The fourth-order valence-corrected chi connectivity index (χ4v) is 4.88. The van der Waals surface area contributed by atoms with E-state index in [1.165, 1.54) is 30.5 Å². The molecule has 0 saturated carbocycles. The van der Waals surface area contributed by atoms with E-state index in [-0.39, 0.29) is 23.0 Å². The molecule has 158 valence electrons. The molecule has 2 aliphatic heterocycles. The second kappa shape index (κ2) is 8.49. The van der Waals surface area contributed by atoms with Gasteiger partial charge in [-0.3, -0.25) is 9.59 Å². The first-order valence-corrected chi connectivity index (χ1v) is 10.6. The third-order valence-corrected chi connectivity index (χ3v) is 6.37. The van der Waals surface area contributed by atoms with Crippen molar-refractivity contribution in [3.8, 4) is 11.5 Å². The summed E-state index contributed by atoms with van der Waals surface area (Å²) in [6, 6.07) is 8.08. The molecule has 1 N–H and O–H groups in total. The van der Waals surface area contributed by atoms with Crippen molar-refractivity contribution >= 4 is 28.8 Å². The molecule has 2 fully saturated rings. The standard InChI is InChI=1S/C22H23NO6S/c1-27-14-7-3-8-15(28-2)17(14)20(24)18-19(16-9-5-11-30-16)23(22(26)21(18)25)12-13-6-4-10-29-13/h3,5,7-9,11,13,19,24H,4,6,10,12H2,1-2H3/b20-18+. The number of hydrogen-bond acceptors (Lipinski definition) is 7. The number of rotatable bonds is 6. The Balaban J connectivity index is 1.87. The number of ether oxygens (including phenoxy) is 3. The minimum atomic E-state index is -0.725. The molecule has 2 aromatic rings. The average Bonchev–Trinajstić information content (AvgIpc) is 3.51. The minimum absolute atomic E-state index is 0.0308. The van der Waals surface area contributed by atoms with E-state index in [0.29, 0.717) is 24.7 Å². The smallest absolute Gasteiger partial charge is 0.295 e. The third-order valence-electron chi connectivity index (χ3n) is 5.44. The summed E-state index contributed by atoms with van der Waals surface area (Å²) in [6.45, 7) is 0.948. The number of amides is 1. The second-order valence-corrected chi connectivity index (χ2v) is 8.12. The van der Waals surface area contributed by atoms with Gasteiger partial charge in [-0.1, -0.05) is 12.1 Å². The number of ketones is 1. The predicted molar refractivity (Wildman–Crippen MR) is 112 cm³/mol. The summed E-state index contributed by atoms with van der Waals surface area (Å²) in [6.07, 6.45) is 1.64. The highest BCUT2D eigenvalue weighted by molar-refractivity contribution is 7.10. The molecule has 2 atom stereocenters. The van der Waals surface area contributed by atoms with Gasteiger partial charge in [-0.15, -0.1) is 11.3 Å². The number of carbonyl (C=O) groups excluding carboxylic acids is 2. The fraction of sp³-hybridized carbons (Fsp3) is 0.364. The van der Waals surface area contributed by atoms with Crippen LogP contribution in [0.2, 0.25) is 0 Å². The van der Waals surface area contributed by atoms with E-state index in [1.54, 1.807) is 18.2 Å². The normalized spacial score (nSPS) is 23.2. The summed E-state index contributed by atoms with van der Waals surface area (Å²) in [5.74, 6) is -0.976. The van der Waals surface area contributed by atoms with Crippen LogP contribution in [0, 0.1) is 0 Å². The van der Waals surface area contributed by atoms with E-state index in [9.17, 15) is 14.7 Å². The third kappa shape index (κ3) is 3.46. The highest BCUT2D eigenvalue weighted by atomic mass is 32.1. The summed E-state index contributed by atoms with van der Waals surface area (Å²) >= 11 is 1.43. The number of benzene rings is 1. The zero-order valence-electron chi connectivity index (χ0n) is 16.8. The molecule has 1 aromatic heterocycles. The summed E-state index contributed by atoms with van der Waals surface area (Å²) in [5, 5.41) is 13.2. The first-order valence-electron chi connectivity index (χ1n) is 9.71. The predicted octanol–water partition coefficient (Wildman–Crippen LogP) is 3.37. The number of likely N-dealkylation sites (tertiary alicyclic amines) is 1. The van der Waals surface area contributed by atoms with Crippen molar-refractivity contribution in [2.24, 2.45) is 0 Å². The molecule has 1 amide bonds. The molecule has 2 saturated heterocycles. The lowest BCUT2D eigenvalue weighted by Crippen LogP contribution is -2.36. The Morgan fingerprint density at radius 1 is 1.20 bits per heavy atom. The maximum atomic E-state index is 13.1. The van der Waals surface area contributed by atoms with Crippen LogP contribution < -0.4 is 9.47 Å². The first kappa shape index (κ1) is 20.4. The SMILES string of the molecule is COc1cccc(OC)c1/C(O)=C1\C(=O)C(=O)N(CC2CCCO2)C1c1cccs1. The summed E-state index contributed by atoms with van der Waals surface area (Å²) < 4.78 is 16.5. The van der Waals surface area contributed by atoms with E-state index in [0.717, 1.165) is 17.7 Å². The molecule has 0 aliphatic carbocycles. The lowest BCUT2D eigenvalue weighted by atomic mass is 9.98. The van der Waals surface area contributed by atoms with Crippen LogP contribution in [0.1, 0.15) is 29.3 Å². The Hall–Kier alpha value is -2.84. The number of Topliss-reactive ketones (excluding diaryl/α,β-unsaturated/α-hetero) is 1. The zero-order chi connectivity index (χ0) is 21.3. The Labute approximate surface area is 178 Å². The quantitative estimate of drug-likeness (QED) is 0.431. The summed E-state index contributed by atoms with van der Waals surface area (Å²) in [7, 11) is 2.94. The van der Waals surface area contributed by atoms with Gasteiger partial charge in [0.15, 0.2) is 0 Å². The number of carbonyl (C=O) groups is 2. The van der Waals surface area contributed by atoms with Gasteiger partial charge in [-0.05, 0) is 36.4 Å². The van der Waals surface area contributed by atoms with Crippen LogP contribution >= 0.6 is 11.3 Å². The molecule has 0 spiro atoms. The van der Waals surface area contributed by atoms with Crippen molar-refractivity contribution in [2.75, 3.05) is 27.4 Å². The Morgan fingerprint density at radius 2 is 1.93 bits per heavy atom. The lowest BCUT2D eigenvalue weighted by molar-refractivity contribution is -0.140. The second-order valence-electron chi connectivity index (χ2n) is 7.14. The number of nitrogens with zero attached hydrogens (tertiary/aromatic N) is 1. The fourth-order valence-electron chi connectivity index (χ4n) is 4.04. The average molecular weight is 429 g/mol. The van der Waals surface area contributed by atoms with Crippen LogP contribution in [0.4, 0.5) is 0 Å². The Morgan fingerprint density at radius 3 is 2.50 bits per heavy atom. The van der Waals surface area contributed by atoms with Gasteiger partial charge in [-0.2, -0.15) is 0 Å². The number of aliphatic hydroxyl groups is 1. The van der Waals surface area contributed by atoms with Gasteiger partial charge >= 0.3 is 0 Å². The Kier molecular flexibility index (Phi) is 5.78. The van der Waals surface area contributed by atoms with Crippen molar-refractivity contribution in [3.05, 3.63) is 51.7 Å². The van der Waals surface area contributed by atoms with Gasteiger partial charge in [0.25, 0.3) is 11.7 Å². The summed E-state index contributed by atoms with van der Waals surface area (Å²) in [4.78, 5) is 28.4. The Bertz CT molecular complexity index is 955. The number of thiophene rings is 1. The molecule has 1 aromatic carbocycles. The van der Waals surface area contributed by atoms with Crippen LogP contribution in [0.3, 0.4) is 0 Å². The molecule has 0 bridgehead atoms. The lowest BCUT2D eigenvalue weighted by Gasteiger charge is -2.26. The van der Waals surface area contributed by atoms with Gasteiger partial charge in [-0.25, -0.2) is 0 Å². The highest BCUT2D eigenvalue weighted by Gasteiger charge is 2.48. The molecule has 4 rings (SSSR count). The van der Waals surface area contributed by atoms with Gasteiger partial charge in [0.2, 0.25) is 0 Å². The van der Waals surface area contributed by atoms with Crippen molar-refractivity contribution in [3.63, 3.8) is 0 Å². The van der Waals surface area contributed by atoms with Crippen molar-refractivity contribution in [1.29, 1.82) is 0 Å². The first-order chi connectivity index (χ1) is 14.6. The molecule has 2 aliphatic rings. The number of methoxy groups -OCH3 is 2. The van der Waals surface area contributed by atoms with E-state index in [2.05, 4.69) is 0 Å². The molecule has 2 unspecified atom stereocenters. The van der Waals surface area contributed by atoms with E-state index < -0.39 is 17.7 Å². The molecular formula is C22H23NO6S. The van der Waals surface area contributed by atoms with Crippen LogP contribution in [-0.2, 0) is 14.3 Å². The largest absolute Gasteiger partial charge is 0.506 e. The minimum Gasteiger partial charge on any atom is -0.506 e. The monoisotopic (exact) mass is 429 g/mol. The number of aliphatic hydroxyl groups excluding tert-OH is 1. The highest BCUT2D eigenvalue weighted by Crippen LogP contribution is 2.44. The zero-order valence-corrected chi connectivity index (χ0v) is 17.6. The molecule has 30 heavy (non-hydrogen) atoms.